The van der Waals surface area contributed by atoms with Crippen molar-refractivity contribution in [1.29, 1.82) is 0 Å². The molecule has 1 aliphatic heterocycles. The van der Waals surface area contributed by atoms with Gasteiger partial charge in [-0.15, -0.1) is 0 Å². The Kier molecular flexibility index (Phi) is 4.37. The molecule has 0 radical (unpaired) electrons. The van der Waals surface area contributed by atoms with Crippen molar-refractivity contribution in [2.45, 2.75) is 13.0 Å². The minimum absolute atomic E-state index is 0.127. The molecular weight excluding hydrogens is 348 g/mol. The fourth-order valence-electron chi connectivity index (χ4n) is 2.83. The van der Waals surface area contributed by atoms with Crippen LogP contribution in [0, 0.1) is 0 Å². The Morgan fingerprint density at radius 1 is 1.37 bits per heavy atom. The summed E-state index contributed by atoms with van der Waals surface area (Å²) in [5.41, 5.74) is 1.50. The largest absolute Gasteiger partial charge is 0.350 e. The highest BCUT2D eigenvalue weighted by atomic mass is 16.2. The zero-order valence-corrected chi connectivity index (χ0v) is 14.7. The first-order chi connectivity index (χ1) is 13.1. The second kappa shape index (κ2) is 6.98. The second-order valence-electron chi connectivity index (χ2n) is 6.22. The summed E-state index contributed by atoms with van der Waals surface area (Å²) >= 11 is 0. The van der Waals surface area contributed by atoms with Crippen LogP contribution in [-0.4, -0.2) is 66.8 Å². The molecule has 0 bridgehead atoms. The maximum absolute atomic E-state index is 12.3. The molecule has 3 aromatic rings. The number of pyridine rings is 1. The van der Waals surface area contributed by atoms with E-state index in [0.29, 0.717) is 43.4 Å². The number of rotatable bonds is 5. The Morgan fingerprint density at radius 3 is 3.07 bits per heavy atom. The number of H-pyrrole nitrogens is 1. The monoisotopic (exact) mass is 366 g/mol. The molecule has 138 valence electrons. The molecule has 4 rings (SSSR count). The number of likely N-dealkylation sites (N-methyl/N-ethyl adjacent to an activating group) is 1. The average Bonchev–Trinajstić information content (AvgIpc) is 3.33. The second-order valence-corrected chi connectivity index (χ2v) is 6.22. The normalized spacial score (nSPS) is 13.5. The van der Waals surface area contributed by atoms with Crippen LogP contribution in [0.5, 0.6) is 0 Å². The van der Waals surface area contributed by atoms with Crippen molar-refractivity contribution < 1.29 is 9.59 Å². The van der Waals surface area contributed by atoms with E-state index in [0.717, 1.165) is 5.56 Å². The number of hydrogen-bond acceptors (Lipinski definition) is 6. The van der Waals surface area contributed by atoms with E-state index in [2.05, 4.69) is 30.6 Å². The molecule has 0 aliphatic carbocycles. The molecule has 1 aliphatic rings. The van der Waals surface area contributed by atoms with E-state index in [-0.39, 0.29) is 17.5 Å². The number of fused-ring (bicyclic) bond motifs is 1. The number of nitrogens with one attached hydrogen (secondary N) is 2. The minimum atomic E-state index is -0.320. The zero-order chi connectivity index (χ0) is 18.8. The molecule has 0 spiro atoms. The van der Waals surface area contributed by atoms with E-state index >= 15 is 0 Å². The lowest BCUT2D eigenvalue weighted by atomic mass is 10.2. The van der Waals surface area contributed by atoms with E-state index < -0.39 is 0 Å². The fraction of sp³-hybridized carbons (Fsp3) is 0.294. The molecule has 3 aromatic heterocycles. The van der Waals surface area contributed by atoms with Gasteiger partial charge in [-0.25, -0.2) is 4.98 Å². The number of nitrogens with zero attached hydrogens (tertiary/aromatic N) is 6. The van der Waals surface area contributed by atoms with Gasteiger partial charge in [0.25, 0.3) is 11.8 Å². The van der Waals surface area contributed by atoms with Gasteiger partial charge >= 0.3 is 0 Å². The molecule has 0 atom stereocenters. The highest BCUT2D eigenvalue weighted by Gasteiger charge is 2.25. The molecule has 4 heterocycles. The quantitative estimate of drug-likeness (QED) is 0.661. The van der Waals surface area contributed by atoms with Crippen molar-refractivity contribution >= 4 is 11.8 Å². The Bertz CT molecular complexity index is 978. The van der Waals surface area contributed by atoms with Gasteiger partial charge in [0.2, 0.25) is 0 Å². The number of hydrogen-bond donors (Lipinski definition) is 2. The number of aromatic amines is 1. The average molecular weight is 366 g/mol. The molecule has 0 aromatic carbocycles. The van der Waals surface area contributed by atoms with Crippen LogP contribution in [0.4, 0.5) is 0 Å². The summed E-state index contributed by atoms with van der Waals surface area (Å²) in [6.07, 6.45) is 3.87. The number of aromatic nitrogens is 6. The van der Waals surface area contributed by atoms with E-state index in [9.17, 15) is 9.59 Å². The van der Waals surface area contributed by atoms with Crippen molar-refractivity contribution in [3.8, 4) is 11.4 Å². The maximum Gasteiger partial charge on any atom is 0.271 e. The molecular formula is C17H18N8O2. The van der Waals surface area contributed by atoms with Gasteiger partial charge in [0.05, 0.1) is 6.54 Å². The topological polar surface area (TPSA) is 122 Å². The standard InChI is InChI=1S/C17H18N8O2/c1-24-7-8-25-13(17(24)27)9-12(23-25)16(26)19-6-4-14-20-15(22-21-14)11-3-2-5-18-10-11/h2-3,5,9-10H,4,6-8H2,1H3,(H,19,26)(H,20,21,22). The van der Waals surface area contributed by atoms with Gasteiger partial charge < -0.3 is 10.2 Å². The van der Waals surface area contributed by atoms with E-state index in [1.807, 2.05) is 12.1 Å². The smallest absolute Gasteiger partial charge is 0.271 e. The van der Waals surface area contributed by atoms with Crippen molar-refractivity contribution in [3.63, 3.8) is 0 Å². The highest BCUT2D eigenvalue weighted by molar-refractivity contribution is 5.98. The zero-order valence-electron chi connectivity index (χ0n) is 14.7. The van der Waals surface area contributed by atoms with Crippen LogP contribution in [0.25, 0.3) is 11.4 Å². The molecule has 10 nitrogen and oxygen atoms in total. The SMILES string of the molecule is CN1CCn2nc(C(=O)NCCc3nc(-c4cccnc4)n[nH]3)cc2C1=O. The van der Waals surface area contributed by atoms with Gasteiger partial charge in [-0.1, -0.05) is 0 Å². The third kappa shape index (κ3) is 3.41. The molecule has 27 heavy (non-hydrogen) atoms. The van der Waals surface area contributed by atoms with Gasteiger partial charge in [0, 0.05) is 50.6 Å². The van der Waals surface area contributed by atoms with Gasteiger partial charge in [-0.3, -0.25) is 24.4 Å². The third-order valence-corrected chi connectivity index (χ3v) is 4.32. The first-order valence-electron chi connectivity index (χ1n) is 8.55. The number of amides is 2. The van der Waals surface area contributed by atoms with Crippen molar-refractivity contribution in [1.82, 2.24) is 40.2 Å². The highest BCUT2D eigenvalue weighted by Crippen LogP contribution is 2.13. The lowest BCUT2D eigenvalue weighted by Crippen LogP contribution is -2.37. The molecule has 0 saturated carbocycles. The maximum atomic E-state index is 12.3. The minimum Gasteiger partial charge on any atom is -0.350 e. The third-order valence-electron chi connectivity index (χ3n) is 4.32. The van der Waals surface area contributed by atoms with Gasteiger partial charge in [-0.05, 0) is 12.1 Å². The Hall–Kier alpha value is -3.56. The van der Waals surface area contributed by atoms with Crippen molar-refractivity contribution in [2.75, 3.05) is 20.1 Å². The van der Waals surface area contributed by atoms with Crippen molar-refractivity contribution in [2.24, 2.45) is 0 Å². The molecule has 2 amide bonds. The summed E-state index contributed by atoms with van der Waals surface area (Å²) in [5.74, 6) is 0.778. The van der Waals surface area contributed by atoms with Crippen LogP contribution in [0.1, 0.15) is 26.8 Å². The molecule has 0 unspecified atom stereocenters. The summed E-state index contributed by atoms with van der Waals surface area (Å²) in [7, 11) is 1.73. The summed E-state index contributed by atoms with van der Waals surface area (Å²) in [5, 5.41) is 14.0. The van der Waals surface area contributed by atoms with Crippen LogP contribution < -0.4 is 5.32 Å². The lowest BCUT2D eigenvalue weighted by Gasteiger charge is -2.22. The molecule has 0 fully saturated rings. The first kappa shape index (κ1) is 16.9. The summed E-state index contributed by atoms with van der Waals surface area (Å²) < 4.78 is 1.58. The fourth-order valence-corrected chi connectivity index (χ4v) is 2.83. The van der Waals surface area contributed by atoms with Gasteiger partial charge in [-0.2, -0.15) is 10.2 Å². The van der Waals surface area contributed by atoms with Crippen molar-refractivity contribution in [3.05, 3.63) is 47.8 Å². The van der Waals surface area contributed by atoms with Crippen LogP contribution in [-0.2, 0) is 13.0 Å². The van der Waals surface area contributed by atoms with Crippen LogP contribution in [0.15, 0.2) is 30.6 Å². The first-order valence-corrected chi connectivity index (χ1v) is 8.55. The summed E-state index contributed by atoms with van der Waals surface area (Å²) in [4.78, 5) is 34.4. The molecule has 0 saturated heterocycles. The summed E-state index contributed by atoms with van der Waals surface area (Å²) in [6.45, 7) is 1.54. The van der Waals surface area contributed by atoms with Crippen LogP contribution in [0.3, 0.4) is 0 Å². The predicted molar refractivity (Wildman–Crippen MR) is 94.8 cm³/mol. The molecule has 10 heteroatoms. The Labute approximate surface area is 154 Å². The number of carbonyl (C=O) groups excluding carboxylic acids is 2. The lowest BCUT2D eigenvalue weighted by molar-refractivity contribution is 0.0742. The van der Waals surface area contributed by atoms with E-state index in [1.165, 1.54) is 6.07 Å². The van der Waals surface area contributed by atoms with Gasteiger partial charge in [0.15, 0.2) is 11.5 Å². The van der Waals surface area contributed by atoms with E-state index in [1.54, 1.807) is 29.0 Å². The van der Waals surface area contributed by atoms with Crippen LogP contribution in [0.2, 0.25) is 0 Å². The van der Waals surface area contributed by atoms with E-state index in [4.69, 9.17) is 0 Å². The Morgan fingerprint density at radius 2 is 2.26 bits per heavy atom. The summed E-state index contributed by atoms with van der Waals surface area (Å²) in [6, 6.07) is 5.22. The van der Waals surface area contributed by atoms with Crippen LogP contribution >= 0.6 is 0 Å². The van der Waals surface area contributed by atoms with Gasteiger partial charge in [0.1, 0.15) is 11.5 Å². The Balaban J connectivity index is 1.35. The predicted octanol–water partition coefficient (Wildman–Crippen LogP) is 0.121. The number of carbonyl (C=O) groups is 2. The molecule has 2 N–H and O–H groups in total.